The number of hydrogen-bond acceptors (Lipinski definition) is 5. The molecule has 1 amide bonds. The number of aryl methyl sites for hydroxylation is 1. The van der Waals surface area contributed by atoms with Gasteiger partial charge in [0.05, 0.1) is 5.75 Å². The second kappa shape index (κ2) is 6.62. The van der Waals surface area contributed by atoms with Crippen LogP contribution in [0.25, 0.3) is 0 Å². The summed E-state index contributed by atoms with van der Waals surface area (Å²) in [6, 6.07) is 7.35. The summed E-state index contributed by atoms with van der Waals surface area (Å²) in [6.45, 7) is 2.19. The van der Waals surface area contributed by atoms with Gasteiger partial charge in [-0.05, 0) is 24.6 Å². The third kappa shape index (κ3) is 3.88. The van der Waals surface area contributed by atoms with Gasteiger partial charge in [0.25, 0.3) is 0 Å². The molecule has 0 bridgehead atoms. The normalized spacial score (nSPS) is 10.5. The molecule has 0 fully saturated rings. The van der Waals surface area contributed by atoms with E-state index in [1.54, 1.807) is 13.0 Å². The molecular formula is C12H14ClN5OS. The Morgan fingerprint density at radius 2 is 2.30 bits per heavy atom. The highest BCUT2D eigenvalue weighted by Gasteiger charge is 2.09. The number of benzene rings is 1. The molecule has 6 nitrogen and oxygen atoms in total. The van der Waals surface area contributed by atoms with Crippen molar-refractivity contribution >= 4 is 29.3 Å². The van der Waals surface area contributed by atoms with Crippen LogP contribution in [-0.2, 0) is 11.3 Å². The maximum atomic E-state index is 11.7. The Hall–Kier alpha value is -1.73. The molecule has 0 aliphatic heterocycles. The van der Waals surface area contributed by atoms with Crippen LogP contribution < -0.4 is 11.2 Å². The van der Waals surface area contributed by atoms with Crippen molar-refractivity contribution in [1.29, 1.82) is 0 Å². The molecule has 20 heavy (non-hydrogen) atoms. The van der Waals surface area contributed by atoms with E-state index in [-0.39, 0.29) is 11.7 Å². The summed E-state index contributed by atoms with van der Waals surface area (Å²) >= 11 is 7.11. The lowest BCUT2D eigenvalue weighted by Crippen LogP contribution is -2.25. The highest BCUT2D eigenvalue weighted by atomic mass is 35.5. The van der Waals surface area contributed by atoms with Crippen molar-refractivity contribution in [3.05, 3.63) is 40.7 Å². The zero-order chi connectivity index (χ0) is 14.5. The number of nitrogens with zero attached hydrogens (tertiary/aromatic N) is 3. The molecule has 1 heterocycles. The minimum Gasteiger partial charge on any atom is -0.351 e. The number of aromatic nitrogens is 3. The van der Waals surface area contributed by atoms with Gasteiger partial charge >= 0.3 is 0 Å². The monoisotopic (exact) mass is 311 g/mol. The smallest absolute Gasteiger partial charge is 0.230 e. The van der Waals surface area contributed by atoms with Crippen LogP contribution in [0.4, 0.5) is 0 Å². The molecule has 106 valence electrons. The lowest BCUT2D eigenvalue weighted by Gasteiger charge is -2.05. The Kier molecular flexibility index (Phi) is 4.86. The van der Waals surface area contributed by atoms with Gasteiger partial charge in [-0.1, -0.05) is 35.5 Å². The molecule has 0 atom stereocenters. The highest BCUT2D eigenvalue weighted by molar-refractivity contribution is 7.99. The van der Waals surface area contributed by atoms with Crippen molar-refractivity contribution in [2.24, 2.45) is 0 Å². The predicted molar refractivity (Wildman–Crippen MR) is 78.9 cm³/mol. The number of carbonyl (C=O) groups excluding carboxylic acids is 1. The maximum Gasteiger partial charge on any atom is 0.230 e. The van der Waals surface area contributed by atoms with Gasteiger partial charge in [-0.15, -0.1) is 10.2 Å². The molecule has 0 saturated heterocycles. The SMILES string of the molecule is Cc1nnc(SCC(=O)NCc2cccc(Cl)c2)n1N. The molecule has 0 aliphatic carbocycles. The van der Waals surface area contributed by atoms with Gasteiger partial charge < -0.3 is 11.2 Å². The van der Waals surface area contributed by atoms with Crippen LogP contribution in [0.15, 0.2) is 29.4 Å². The number of halogens is 1. The maximum absolute atomic E-state index is 11.7. The van der Waals surface area contributed by atoms with Gasteiger partial charge in [-0.2, -0.15) is 0 Å². The Balaban J connectivity index is 1.80. The topological polar surface area (TPSA) is 85.8 Å². The Bertz CT molecular complexity index is 616. The van der Waals surface area contributed by atoms with E-state index in [1.807, 2.05) is 18.2 Å². The molecule has 1 aromatic heterocycles. The molecule has 3 N–H and O–H groups in total. The first-order chi connectivity index (χ1) is 9.56. The summed E-state index contributed by atoms with van der Waals surface area (Å²) in [5.41, 5.74) is 0.952. The van der Waals surface area contributed by atoms with E-state index in [2.05, 4.69) is 15.5 Å². The number of amides is 1. The minimum atomic E-state index is -0.101. The molecule has 0 radical (unpaired) electrons. The third-order valence-electron chi connectivity index (χ3n) is 2.55. The van der Waals surface area contributed by atoms with E-state index in [9.17, 15) is 4.79 Å². The number of rotatable bonds is 5. The van der Waals surface area contributed by atoms with Crippen molar-refractivity contribution < 1.29 is 4.79 Å². The fourth-order valence-corrected chi connectivity index (χ4v) is 2.42. The standard InChI is InChI=1S/C12H14ClN5OS/c1-8-16-17-12(18(8)14)20-7-11(19)15-6-9-3-2-4-10(13)5-9/h2-5H,6-7,14H2,1H3,(H,15,19). The molecule has 0 unspecified atom stereocenters. The molecule has 0 saturated carbocycles. The first kappa shape index (κ1) is 14.7. The van der Waals surface area contributed by atoms with Gasteiger partial charge in [0.15, 0.2) is 0 Å². The van der Waals surface area contributed by atoms with Crippen LogP contribution in [0.1, 0.15) is 11.4 Å². The fourth-order valence-electron chi connectivity index (χ4n) is 1.48. The summed E-state index contributed by atoms with van der Waals surface area (Å²) < 4.78 is 1.36. The first-order valence-corrected chi connectivity index (χ1v) is 7.23. The number of hydrogen-bond donors (Lipinski definition) is 2. The van der Waals surface area contributed by atoms with Crippen LogP contribution in [-0.4, -0.2) is 26.5 Å². The van der Waals surface area contributed by atoms with Crippen molar-refractivity contribution in [3.8, 4) is 0 Å². The third-order valence-corrected chi connectivity index (χ3v) is 3.72. The van der Waals surface area contributed by atoms with Gasteiger partial charge in [0, 0.05) is 11.6 Å². The van der Waals surface area contributed by atoms with Crippen molar-refractivity contribution in [3.63, 3.8) is 0 Å². The minimum absolute atomic E-state index is 0.101. The first-order valence-electron chi connectivity index (χ1n) is 5.87. The van der Waals surface area contributed by atoms with Gasteiger partial charge in [-0.3, -0.25) is 4.79 Å². The Morgan fingerprint density at radius 1 is 1.50 bits per heavy atom. The average molecular weight is 312 g/mol. The zero-order valence-corrected chi connectivity index (χ0v) is 12.4. The molecule has 0 aliphatic rings. The van der Waals surface area contributed by atoms with E-state index in [0.717, 1.165) is 5.56 Å². The number of thioether (sulfide) groups is 1. The quantitative estimate of drug-likeness (QED) is 0.643. The van der Waals surface area contributed by atoms with Gasteiger partial charge in [0.1, 0.15) is 5.82 Å². The summed E-state index contributed by atoms with van der Waals surface area (Å²) in [5.74, 6) is 6.43. The van der Waals surface area contributed by atoms with E-state index in [1.165, 1.54) is 16.4 Å². The van der Waals surface area contributed by atoms with Crippen LogP contribution in [0.5, 0.6) is 0 Å². The largest absolute Gasteiger partial charge is 0.351 e. The van der Waals surface area contributed by atoms with Gasteiger partial charge in [-0.25, -0.2) is 4.68 Å². The van der Waals surface area contributed by atoms with Crippen molar-refractivity contribution in [1.82, 2.24) is 20.2 Å². The molecule has 0 spiro atoms. The Labute approximate surface area is 125 Å². The average Bonchev–Trinajstić information content (AvgIpc) is 2.74. The number of carbonyl (C=O) groups is 1. The molecule has 1 aromatic carbocycles. The van der Waals surface area contributed by atoms with Crippen LogP contribution in [0.3, 0.4) is 0 Å². The number of nitrogens with two attached hydrogens (primary N) is 1. The number of nitrogen functional groups attached to an aromatic ring is 1. The van der Waals surface area contributed by atoms with E-state index < -0.39 is 0 Å². The van der Waals surface area contributed by atoms with E-state index in [0.29, 0.717) is 22.5 Å². The van der Waals surface area contributed by atoms with Crippen LogP contribution >= 0.6 is 23.4 Å². The lowest BCUT2D eigenvalue weighted by molar-refractivity contribution is -0.118. The highest BCUT2D eigenvalue weighted by Crippen LogP contribution is 2.14. The second-order valence-electron chi connectivity index (χ2n) is 4.10. The summed E-state index contributed by atoms with van der Waals surface area (Å²) in [7, 11) is 0. The van der Waals surface area contributed by atoms with E-state index in [4.69, 9.17) is 17.4 Å². The summed E-state index contributed by atoms with van der Waals surface area (Å²) in [6.07, 6.45) is 0. The number of nitrogens with one attached hydrogen (secondary N) is 1. The van der Waals surface area contributed by atoms with Crippen molar-refractivity contribution in [2.45, 2.75) is 18.6 Å². The Morgan fingerprint density at radius 3 is 2.95 bits per heavy atom. The fraction of sp³-hybridized carbons (Fsp3) is 0.250. The van der Waals surface area contributed by atoms with Crippen LogP contribution in [0.2, 0.25) is 5.02 Å². The van der Waals surface area contributed by atoms with Crippen LogP contribution in [0, 0.1) is 6.92 Å². The molecular weight excluding hydrogens is 298 g/mol. The van der Waals surface area contributed by atoms with Crippen molar-refractivity contribution in [2.75, 3.05) is 11.6 Å². The summed E-state index contributed by atoms with van der Waals surface area (Å²) in [5, 5.41) is 11.7. The molecule has 2 aromatic rings. The predicted octanol–water partition coefficient (Wildman–Crippen LogP) is 1.36. The lowest BCUT2D eigenvalue weighted by atomic mass is 10.2. The zero-order valence-electron chi connectivity index (χ0n) is 10.8. The van der Waals surface area contributed by atoms with E-state index >= 15 is 0 Å². The molecule has 8 heteroatoms. The molecule has 2 rings (SSSR count). The summed E-state index contributed by atoms with van der Waals surface area (Å²) in [4.78, 5) is 11.7. The van der Waals surface area contributed by atoms with Gasteiger partial charge in [0.2, 0.25) is 11.1 Å². The second-order valence-corrected chi connectivity index (χ2v) is 5.47.